The largest absolute Gasteiger partial charge is 0.497 e. The van der Waals surface area contributed by atoms with Crippen molar-refractivity contribution in [1.82, 2.24) is 20.7 Å². The fraction of sp³-hybridized carbons (Fsp3) is 0.286. The van der Waals surface area contributed by atoms with Gasteiger partial charge in [0.2, 0.25) is 0 Å². The SMILES string of the molecule is CCn1c(C2CC(NC(=O)c3cccc(F)c3)NN2)cc2cc(OC)ccc21. The number of nitrogens with zero attached hydrogens (tertiary/aromatic N) is 1. The standard InChI is InChI=1S/C21H23FN4O2/c1-3-26-18-8-7-16(28-2)10-14(18)11-19(26)17-12-20(25-24-17)23-21(27)13-5-4-6-15(22)9-13/h4-11,17,20,24-25H,3,12H2,1-2H3,(H,23,27). The van der Waals surface area contributed by atoms with Crippen molar-refractivity contribution in [2.24, 2.45) is 0 Å². The number of nitrogens with one attached hydrogen (secondary N) is 3. The van der Waals surface area contributed by atoms with E-state index in [1.807, 2.05) is 12.1 Å². The predicted molar refractivity (Wildman–Crippen MR) is 105 cm³/mol. The van der Waals surface area contributed by atoms with Gasteiger partial charge in [-0.3, -0.25) is 4.79 Å². The zero-order valence-electron chi connectivity index (χ0n) is 15.8. The number of methoxy groups -OCH3 is 1. The quantitative estimate of drug-likeness (QED) is 0.634. The van der Waals surface area contributed by atoms with Gasteiger partial charge in [-0.25, -0.2) is 15.2 Å². The highest BCUT2D eigenvalue weighted by Crippen LogP contribution is 2.30. The summed E-state index contributed by atoms with van der Waals surface area (Å²) in [5.41, 5.74) is 8.98. The minimum Gasteiger partial charge on any atom is -0.497 e. The summed E-state index contributed by atoms with van der Waals surface area (Å²) in [6.45, 7) is 2.95. The van der Waals surface area contributed by atoms with Gasteiger partial charge in [0.15, 0.2) is 0 Å². The average molecular weight is 382 g/mol. The van der Waals surface area contributed by atoms with Crippen LogP contribution in [0.2, 0.25) is 0 Å². The summed E-state index contributed by atoms with van der Waals surface area (Å²) in [5, 5.41) is 4.02. The number of halogens is 1. The van der Waals surface area contributed by atoms with Gasteiger partial charge in [0, 0.05) is 35.1 Å². The number of carbonyl (C=O) groups excluding carboxylic acids is 1. The molecular weight excluding hydrogens is 359 g/mol. The third-order valence-corrected chi connectivity index (χ3v) is 5.11. The number of hydrogen-bond acceptors (Lipinski definition) is 4. The van der Waals surface area contributed by atoms with Crippen molar-refractivity contribution in [1.29, 1.82) is 0 Å². The Balaban J connectivity index is 1.51. The van der Waals surface area contributed by atoms with E-state index >= 15 is 0 Å². The second kappa shape index (κ2) is 7.61. The Morgan fingerprint density at radius 1 is 1.25 bits per heavy atom. The third kappa shape index (κ3) is 3.46. The van der Waals surface area contributed by atoms with Crippen LogP contribution >= 0.6 is 0 Å². The van der Waals surface area contributed by atoms with Crippen LogP contribution in [0.5, 0.6) is 5.75 Å². The number of hydrazine groups is 1. The van der Waals surface area contributed by atoms with Crippen molar-refractivity contribution < 1.29 is 13.9 Å². The van der Waals surface area contributed by atoms with E-state index in [9.17, 15) is 9.18 Å². The molecule has 1 saturated heterocycles. The Morgan fingerprint density at radius 2 is 2.11 bits per heavy atom. The Labute approximate surface area is 162 Å². The number of hydrogen-bond donors (Lipinski definition) is 3. The minimum absolute atomic E-state index is 0.0381. The number of rotatable bonds is 5. The zero-order valence-corrected chi connectivity index (χ0v) is 15.8. The molecule has 2 unspecified atom stereocenters. The molecule has 4 rings (SSSR count). The molecule has 3 aromatic rings. The van der Waals surface area contributed by atoms with Crippen LogP contribution in [0.15, 0.2) is 48.5 Å². The zero-order chi connectivity index (χ0) is 19.7. The first-order valence-corrected chi connectivity index (χ1v) is 9.33. The van der Waals surface area contributed by atoms with Gasteiger partial charge in [0.05, 0.1) is 19.3 Å². The van der Waals surface area contributed by atoms with Crippen LogP contribution in [-0.4, -0.2) is 23.7 Å². The lowest BCUT2D eigenvalue weighted by Crippen LogP contribution is -2.44. The van der Waals surface area contributed by atoms with Crippen molar-refractivity contribution in [2.75, 3.05) is 7.11 Å². The predicted octanol–water partition coefficient (Wildman–Crippen LogP) is 3.10. The maximum Gasteiger partial charge on any atom is 0.252 e. The van der Waals surface area contributed by atoms with E-state index < -0.39 is 5.82 Å². The van der Waals surface area contributed by atoms with Crippen LogP contribution in [0, 0.1) is 5.82 Å². The molecule has 6 nitrogen and oxygen atoms in total. The van der Waals surface area contributed by atoms with E-state index in [-0.39, 0.29) is 18.1 Å². The topological polar surface area (TPSA) is 67.3 Å². The van der Waals surface area contributed by atoms with Crippen LogP contribution in [0.1, 0.15) is 35.4 Å². The van der Waals surface area contributed by atoms with Crippen LogP contribution in [0.3, 0.4) is 0 Å². The number of amides is 1. The van der Waals surface area contributed by atoms with Gasteiger partial charge < -0.3 is 14.6 Å². The van der Waals surface area contributed by atoms with Gasteiger partial charge in [-0.2, -0.15) is 0 Å². The fourth-order valence-corrected chi connectivity index (χ4v) is 3.75. The highest BCUT2D eigenvalue weighted by atomic mass is 19.1. The maximum absolute atomic E-state index is 13.3. The molecule has 1 amide bonds. The highest BCUT2D eigenvalue weighted by molar-refractivity contribution is 5.94. The van der Waals surface area contributed by atoms with Crippen molar-refractivity contribution in [3.8, 4) is 5.75 Å². The Kier molecular flexibility index (Phi) is 5.02. The Morgan fingerprint density at radius 3 is 2.86 bits per heavy atom. The van der Waals surface area contributed by atoms with Gasteiger partial charge in [0.25, 0.3) is 5.91 Å². The molecule has 2 aromatic carbocycles. The molecule has 1 aliphatic heterocycles. The summed E-state index contributed by atoms with van der Waals surface area (Å²) < 4.78 is 20.9. The van der Waals surface area contributed by atoms with E-state index in [0.717, 1.165) is 28.9 Å². The molecule has 2 heterocycles. The molecule has 3 N–H and O–H groups in total. The van der Waals surface area contributed by atoms with E-state index in [4.69, 9.17) is 4.74 Å². The van der Waals surface area contributed by atoms with E-state index in [1.54, 1.807) is 13.2 Å². The summed E-state index contributed by atoms with van der Waals surface area (Å²) in [6, 6.07) is 13.9. The van der Waals surface area contributed by atoms with E-state index in [1.165, 1.54) is 18.2 Å². The van der Waals surface area contributed by atoms with Crippen LogP contribution in [-0.2, 0) is 6.54 Å². The molecular formula is C21H23FN4O2. The van der Waals surface area contributed by atoms with Crippen LogP contribution in [0.25, 0.3) is 10.9 Å². The Bertz CT molecular complexity index is 1020. The lowest BCUT2D eigenvalue weighted by atomic mass is 10.1. The fourth-order valence-electron chi connectivity index (χ4n) is 3.75. The molecule has 7 heteroatoms. The minimum atomic E-state index is -0.425. The first-order valence-electron chi connectivity index (χ1n) is 9.33. The lowest BCUT2D eigenvalue weighted by Gasteiger charge is -2.14. The van der Waals surface area contributed by atoms with Crippen molar-refractivity contribution in [3.05, 3.63) is 65.6 Å². The van der Waals surface area contributed by atoms with Gasteiger partial charge in [-0.15, -0.1) is 0 Å². The number of benzene rings is 2. The molecule has 0 aliphatic carbocycles. The summed E-state index contributed by atoms with van der Waals surface area (Å²) in [7, 11) is 1.66. The maximum atomic E-state index is 13.3. The Hall–Kier alpha value is -2.90. The molecule has 1 aromatic heterocycles. The number of carbonyl (C=O) groups is 1. The van der Waals surface area contributed by atoms with Gasteiger partial charge in [-0.1, -0.05) is 6.07 Å². The second-order valence-corrected chi connectivity index (χ2v) is 6.85. The molecule has 0 radical (unpaired) electrons. The van der Waals surface area contributed by atoms with Gasteiger partial charge in [-0.05, 0) is 49.4 Å². The number of fused-ring (bicyclic) bond motifs is 1. The lowest BCUT2D eigenvalue weighted by molar-refractivity contribution is 0.0932. The van der Waals surface area contributed by atoms with Crippen molar-refractivity contribution >= 4 is 16.8 Å². The highest BCUT2D eigenvalue weighted by Gasteiger charge is 2.29. The van der Waals surface area contributed by atoms with Gasteiger partial charge in [0.1, 0.15) is 11.6 Å². The number of aryl methyl sites for hydroxylation is 1. The van der Waals surface area contributed by atoms with Gasteiger partial charge >= 0.3 is 0 Å². The van der Waals surface area contributed by atoms with Crippen molar-refractivity contribution in [3.63, 3.8) is 0 Å². The number of aromatic nitrogens is 1. The first kappa shape index (κ1) is 18.5. The molecule has 146 valence electrons. The van der Waals surface area contributed by atoms with Crippen LogP contribution < -0.4 is 20.9 Å². The average Bonchev–Trinajstić information content (AvgIpc) is 3.31. The molecule has 0 saturated carbocycles. The summed E-state index contributed by atoms with van der Waals surface area (Å²) >= 11 is 0. The molecule has 1 aliphatic rings. The third-order valence-electron chi connectivity index (χ3n) is 5.11. The van der Waals surface area contributed by atoms with Crippen LogP contribution in [0.4, 0.5) is 4.39 Å². The molecule has 0 bridgehead atoms. The molecule has 0 spiro atoms. The summed E-state index contributed by atoms with van der Waals surface area (Å²) in [6.07, 6.45) is 0.424. The molecule has 2 atom stereocenters. The number of ether oxygens (including phenoxy) is 1. The monoisotopic (exact) mass is 382 g/mol. The molecule has 1 fully saturated rings. The molecule has 28 heavy (non-hydrogen) atoms. The smallest absolute Gasteiger partial charge is 0.252 e. The summed E-state index contributed by atoms with van der Waals surface area (Å²) in [4.78, 5) is 12.4. The van der Waals surface area contributed by atoms with E-state index in [2.05, 4.69) is 39.8 Å². The van der Waals surface area contributed by atoms with E-state index in [0.29, 0.717) is 12.0 Å². The summed E-state index contributed by atoms with van der Waals surface area (Å²) in [5.74, 6) is 0.0937. The normalized spacial score (nSPS) is 19.1. The van der Waals surface area contributed by atoms with Crippen molar-refractivity contribution in [2.45, 2.75) is 32.1 Å². The second-order valence-electron chi connectivity index (χ2n) is 6.85. The first-order chi connectivity index (χ1) is 13.6.